The zero-order valence-electron chi connectivity index (χ0n) is 4.25. The van der Waals surface area contributed by atoms with Gasteiger partial charge in [0.1, 0.15) is 0 Å². The van der Waals surface area contributed by atoms with Gasteiger partial charge in [-0.25, -0.2) is 10.7 Å². The Bertz CT molecular complexity index is 127. The lowest BCUT2D eigenvalue weighted by Crippen LogP contribution is -2.41. The molecule has 0 aliphatic rings. The Morgan fingerprint density at radius 3 is 2.44 bits per heavy atom. The van der Waals surface area contributed by atoms with Gasteiger partial charge in [0.05, 0.1) is 0 Å². The highest BCUT2D eigenvalue weighted by molar-refractivity contribution is 7.81. The monoisotopic (exact) mass is 167 g/mol. The number of nitrogens with two attached hydrogens (primary N) is 1. The largest absolute Gasteiger partial charge is 0.376 e. The van der Waals surface area contributed by atoms with E-state index in [1.54, 1.807) is 0 Å². The van der Waals surface area contributed by atoms with Crippen LogP contribution in [0.15, 0.2) is 0 Å². The van der Waals surface area contributed by atoms with E-state index < -0.39 is 0 Å². The third-order valence-corrected chi connectivity index (χ3v) is 0.663. The molecule has 0 bridgehead atoms. The molecule has 0 aliphatic carbocycles. The molecule has 0 rings (SSSR count). The second kappa shape index (κ2) is 4.39. The molecule has 0 radical (unpaired) electrons. The summed E-state index contributed by atoms with van der Waals surface area (Å²) in [6.45, 7) is 0. The molecule has 0 amide bonds. The minimum atomic E-state index is 0.00421. The van der Waals surface area contributed by atoms with Gasteiger partial charge in [0.25, 0.3) is 0 Å². The lowest BCUT2D eigenvalue weighted by Gasteiger charge is -2.02. The van der Waals surface area contributed by atoms with E-state index in [1.807, 2.05) is 5.48 Å². The molecule has 9 heavy (non-hydrogen) atoms. The normalized spacial score (nSPS) is 8.11. The van der Waals surface area contributed by atoms with Crippen LogP contribution in [-0.4, -0.2) is 15.5 Å². The Kier molecular flexibility index (Phi) is 4.14. The van der Waals surface area contributed by atoms with Gasteiger partial charge in [0.2, 0.25) is 0 Å². The van der Waals surface area contributed by atoms with Gasteiger partial charge < -0.3 is 11.1 Å². The van der Waals surface area contributed by atoms with Crippen molar-refractivity contribution in [1.82, 2.24) is 10.8 Å². The quantitative estimate of drug-likeness (QED) is 0.229. The third-order valence-electron chi connectivity index (χ3n) is 0.375. The minimum Gasteiger partial charge on any atom is -0.376 e. The Morgan fingerprint density at radius 1 is 1.56 bits per heavy atom. The molecule has 0 unspecified atom stereocenters. The number of rotatable bonds is 1. The van der Waals surface area contributed by atoms with Gasteiger partial charge >= 0.3 is 0 Å². The summed E-state index contributed by atoms with van der Waals surface area (Å²) in [6, 6.07) is 0. The summed E-state index contributed by atoms with van der Waals surface area (Å²) >= 11 is 8.84. The maximum Gasteiger partial charge on any atom is 0.199 e. The molecule has 0 aliphatic heterocycles. The molecule has 0 atom stereocenters. The van der Waals surface area contributed by atoms with Gasteiger partial charge in [-0.05, 0) is 24.4 Å². The van der Waals surface area contributed by atoms with Crippen LogP contribution in [0.5, 0.6) is 0 Å². The topological polar surface area (TPSA) is 79.5 Å². The van der Waals surface area contributed by atoms with Gasteiger partial charge in [-0.15, -0.1) is 4.99 Å². The van der Waals surface area contributed by atoms with Crippen molar-refractivity contribution in [1.29, 1.82) is 0 Å². The smallest absolute Gasteiger partial charge is 0.199 e. The van der Waals surface area contributed by atoms with Crippen LogP contribution in [0.25, 0.3) is 0 Å². The number of nitrogens with one attached hydrogen (secondary N) is 2. The molecule has 7 heteroatoms. The first-order chi connectivity index (χ1) is 4.16. The lowest BCUT2D eigenvalue weighted by molar-refractivity contribution is -0.273. The second-order valence-corrected chi connectivity index (χ2v) is 1.86. The van der Waals surface area contributed by atoms with E-state index in [4.69, 9.17) is 11.0 Å². The average Bonchev–Trinajstić information content (AvgIpc) is 1.63. The van der Waals surface area contributed by atoms with Crippen molar-refractivity contribution in [2.45, 2.75) is 0 Å². The highest BCUT2D eigenvalue weighted by Gasteiger charge is 1.92. The summed E-state index contributed by atoms with van der Waals surface area (Å²) in [5.41, 5.74) is 6.86. The van der Waals surface area contributed by atoms with Crippen molar-refractivity contribution in [2.75, 3.05) is 0 Å². The predicted molar refractivity (Wildman–Crippen MR) is 39.4 cm³/mol. The fourth-order valence-corrected chi connectivity index (χ4v) is 0.493. The third kappa shape index (κ3) is 5.37. The van der Waals surface area contributed by atoms with Crippen molar-refractivity contribution in [3.8, 4) is 0 Å². The van der Waals surface area contributed by atoms with E-state index in [2.05, 4.69) is 34.7 Å². The molecular formula is C2H5N3O2S2. The maximum absolute atomic E-state index is 7.73. The Labute approximate surface area is 62.1 Å². The molecular weight excluding hydrogens is 162 g/mol. The number of hydrogen-bond donors (Lipinski definition) is 4. The summed E-state index contributed by atoms with van der Waals surface area (Å²) in [4.78, 5) is 3.44. The first-order valence-electron chi connectivity index (χ1n) is 1.83. The minimum absolute atomic E-state index is 0.00421. The maximum atomic E-state index is 7.73. The molecule has 0 saturated carbocycles. The molecule has 0 aromatic rings. The van der Waals surface area contributed by atoms with Crippen LogP contribution in [0.4, 0.5) is 0 Å². The average molecular weight is 167 g/mol. The van der Waals surface area contributed by atoms with Crippen LogP contribution in [0, 0.1) is 0 Å². The zero-order valence-corrected chi connectivity index (χ0v) is 5.88. The Hall–Kier alpha value is -0.500. The fourth-order valence-electron chi connectivity index (χ4n) is 0.179. The van der Waals surface area contributed by atoms with Crippen molar-refractivity contribution < 1.29 is 10.2 Å². The van der Waals surface area contributed by atoms with Crippen LogP contribution in [0.1, 0.15) is 0 Å². The zero-order chi connectivity index (χ0) is 7.28. The van der Waals surface area contributed by atoms with E-state index in [9.17, 15) is 0 Å². The molecule has 0 fully saturated rings. The number of hydroxylamine groups is 1. The Balaban J connectivity index is 3.39. The van der Waals surface area contributed by atoms with Crippen molar-refractivity contribution in [3.63, 3.8) is 0 Å². The van der Waals surface area contributed by atoms with Crippen molar-refractivity contribution >= 4 is 34.7 Å². The van der Waals surface area contributed by atoms with Crippen molar-refractivity contribution in [3.05, 3.63) is 0 Å². The van der Waals surface area contributed by atoms with E-state index in [0.717, 1.165) is 0 Å². The number of thiocarbonyl (C=S) groups is 2. The standard InChI is InChI=1S/C2H5N3O2S2/c3-1(8)4-2(9)5-7-6/h6H,(H4,3,4,5,8,9). The molecule has 5 N–H and O–H groups in total. The molecule has 0 aromatic heterocycles. The summed E-state index contributed by atoms with van der Waals surface area (Å²) in [7, 11) is 0. The van der Waals surface area contributed by atoms with E-state index in [-0.39, 0.29) is 10.2 Å². The van der Waals surface area contributed by atoms with Gasteiger partial charge in [-0.2, -0.15) is 0 Å². The van der Waals surface area contributed by atoms with Gasteiger partial charge in [-0.3, -0.25) is 0 Å². The van der Waals surface area contributed by atoms with Gasteiger partial charge in [-0.1, -0.05) is 0 Å². The van der Waals surface area contributed by atoms with Gasteiger partial charge in [0, 0.05) is 0 Å². The molecule has 0 heterocycles. The molecule has 0 aromatic carbocycles. The molecule has 0 spiro atoms. The second-order valence-electron chi connectivity index (χ2n) is 1.01. The van der Waals surface area contributed by atoms with Gasteiger partial charge in [0.15, 0.2) is 10.2 Å². The summed E-state index contributed by atoms with van der Waals surface area (Å²) in [5.74, 6) is 0. The van der Waals surface area contributed by atoms with Crippen LogP contribution >= 0.6 is 24.4 Å². The summed E-state index contributed by atoms with van der Waals surface area (Å²) in [6.07, 6.45) is 0. The number of hydrogen-bond acceptors (Lipinski definition) is 4. The fraction of sp³-hybridized carbons (Fsp3) is 0. The highest BCUT2D eigenvalue weighted by Crippen LogP contribution is 1.64. The van der Waals surface area contributed by atoms with Crippen LogP contribution in [0.2, 0.25) is 0 Å². The summed E-state index contributed by atoms with van der Waals surface area (Å²) < 4.78 is 0. The predicted octanol–water partition coefficient (Wildman–Crippen LogP) is -0.901. The van der Waals surface area contributed by atoms with Crippen LogP contribution in [-0.2, 0) is 4.99 Å². The van der Waals surface area contributed by atoms with Crippen LogP contribution < -0.4 is 16.5 Å². The van der Waals surface area contributed by atoms with E-state index >= 15 is 0 Å². The van der Waals surface area contributed by atoms with Crippen molar-refractivity contribution in [2.24, 2.45) is 5.73 Å². The SMILES string of the molecule is NC(=S)NC(=S)NOO. The Morgan fingerprint density at radius 2 is 2.11 bits per heavy atom. The molecule has 52 valence electrons. The first kappa shape index (κ1) is 8.50. The highest BCUT2D eigenvalue weighted by atomic mass is 32.1. The van der Waals surface area contributed by atoms with E-state index in [1.165, 1.54) is 0 Å². The molecule has 0 saturated heterocycles. The van der Waals surface area contributed by atoms with E-state index in [0.29, 0.717) is 0 Å². The first-order valence-corrected chi connectivity index (χ1v) is 2.65. The lowest BCUT2D eigenvalue weighted by atomic mass is 11.0. The molecule has 5 nitrogen and oxygen atoms in total. The van der Waals surface area contributed by atoms with Crippen LogP contribution in [0.3, 0.4) is 0 Å². The summed E-state index contributed by atoms with van der Waals surface area (Å²) in [5, 5.41) is 10.0.